The molecule has 4 heteroatoms. The third-order valence-corrected chi connectivity index (χ3v) is 2.05. The second-order valence-corrected chi connectivity index (χ2v) is 2.87. The van der Waals surface area contributed by atoms with E-state index in [9.17, 15) is 0 Å². The third-order valence-electron chi connectivity index (χ3n) is 1.45. The molecule has 0 atom stereocenters. The molecule has 1 N–H and O–H groups in total. The number of nitrogens with one attached hydrogen (secondary N) is 1. The molecule has 0 aliphatic carbocycles. The van der Waals surface area contributed by atoms with Gasteiger partial charge in [-0.2, -0.15) is 4.37 Å². The zero-order chi connectivity index (χ0) is 6.97. The Hall–Kier alpha value is -0.230. The van der Waals surface area contributed by atoms with Crippen LogP contribution in [-0.4, -0.2) is 4.37 Å². The lowest BCUT2D eigenvalue weighted by atomic mass is 10.2. The summed E-state index contributed by atoms with van der Waals surface area (Å²) in [7, 11) is 0. The van der Waals surface area contributed by atoms with E-state index in [0.29, 0.717) is 0 Å². The molecule has 0 amide bonds. The number of aromatic amines is 1. The first-order valence-electron chi connectivity index (χ1n) is 3.10. The Kier molecular flexibility index (Phi) is 2.78. The molecule has 0 radical (unpaired) electrons. The van der Waals surface area contributed by atoms with Gasteiger partial charge in [-0.05, 0) is 24.6 Å². The monoisotopic (exact) mass is 278 g/mol. The number of H-pyrrole nitrogens is 1. The molecule has 2 aromatic rings. The Morgan fingerprint density at radius 3 is 3.09 bits per heavy atom. The Bertz CT molecular complexity index is 358. The summed E-state index contributed by atoms with van der Waals surface area (Å²) in [6.45, 7) is 2.07. The number of nitrogens with zero attached hydrogens (tertiary/aromatic N) is 1. The van der Waals surface area contributed by atoms with Crippen LogP contribution in [0.5, 0.6) is 0 Å². The minimum absolute atomic E-state index is 0. The normalized spacial score (nSPS) is 9.55. The fourth-order valence-electron chi connectivity index (χ4n) is 0.925. The van der Waals surface area contributed by atoms with Gasteiger partial charge in [0.15, 0.2) is 5.52 Å². The first-order chi connectivity index (χ1) is 4.86. The van der Waals surface area contributed by atoms with E-state index in [-0.39, 0.29) is 24.0 Å². The lowest BCUT2D eigenvalue weighted by Crippen LogP contribution is -3.00. The molecule has 58 valence electrons. The maximum Gasteiger partial charge on any atom is 0.275 e. The molecule has 1 heterocycles. The van der Waals surface area contributed by atoms with E-state index in [1.54, 1.807) is 0 Å². The quantitative estimate of drug-likeness (QED) is 0.535. The lowest BCUT2D eigenvalue weighted by Gasteiger charge is -1.83. The SMILES string of the molecule is Cc1ccc2[nH+]snc2c1.[I-]. The van der Waals surface area contributed by atoms with Gasteiger partial charge < -0.3 is 24.0 Å². The average Bonchev–Trinajstić information content (AvgIpc) is 2.33. The van der Waals surface area contributed by atoms with Crippen LogP contribution in [0.1, 0.15) is 5.56 Å². The summed E-state index contributed by atoms with van der Waals surface area (Å²) in [6, 6.07) is 6.20. The predicted molar refractivity (Wildman–Crippen MR) is 40.9 cm³/mol. The van der Waals surface area contributed by atoms with Gasteiger partial charge in [0.2, 0.25) is 5.52 Å². The average molecular weight is 278 g/mol. The van der Waals surface area contributed by atoms with Crippen LogP contribution in [0.2, 0.25) is 0 Å². The van der Waals surface area contributed by atoms with Gasteiger partial charge in [-0.1, -0.05) is 6.07 Å². The van der Waals surface area contributed by atoms with Crippen molar-refractivity contribution >= 4 is 22.8 Å². The highest BCUT2D eigenvalue weighted by atomic mass is 127. The Morgan fingerprint density at radius 1 is 1.45 bits per heavy atom. The number of rotatable bonds is 0. The number of hydrogen-bond acceptors (Lipinski definition) is 2. The second kappa shape index (κ2) is 3.44. The van der Waals surface area contributed by atoms with Crippen LogP contribution in [0.3, 0.4) is 0 Å². The van der Waals surface area contributed by atoms with Crippen molar-refractivity contribution in [3.63, 3.8) is 0 Å². The van der Waals surface area contributed by atoms with Gasteiger partial charge in [0.25, 0.3) is 11.7 Å². The van der Waals surface area contributed by atoms with Gasteiger partial charge in [-0.15, -0.1) is 0 Å². The summed E-state index contributed by atoms with van der Waals surface area (Å²) in [5.74, 6) is 0. The van der Waals surface area contributed by atoms with Crippen LogP contribution >= 0.6 is 11.7 Å². The highest BCUT2D eigenvalue weighted by Crippen LogP contribution is 2.08. The molecule has 0 saturated heterocycles. The molecule has 0 spiro atoms. The smallest absolute Gasteiger partial charge is 0.275 e. The zero-order valence-electron chi connectivity index (χ0n) is 5.97. The fraction of sp³-hybridized carbons (Fsp3) is 0.143. The van der Waals surface area contributed by atoms with Gasteiger partial charge in [0.1, 0.15) is 0 Å². The number of aryl methyl sites for hydroxylation is 1. The van der Waals surface area contributed by atoms with Crippen LogP contribution in [0, 0.1) is 6.92 Å². The van der Waals surface area contributed by atoms with E-state index in [0.717, 1.165) is 11.0 Å². The van der Waals surface area contributed by atoms with Crippen molar-refractivity contribution in [3.05, 3.63) is 23.8 Å². The first kappa shape index (κ1) is 8.86. The van der Waals surface area contributed by atoms with Gasteiger partial charge in [0, 0.05) is 4.37 Å². The molecule has 0 aliphatic heterocycles. The highest BCUT2D eigenvalue weighted by molar-refractivity contribution is 6.95. The maximum absolute atomic E-state index is 4.17. The fourth-order valence-corrected chi connectivity index (χ4v) is 1.49. The standard InChI is InChI=1S/C7H6N2S.HI/c1-5-2-3-6-7(4-5)9-10-8-6;/h2-4H,1H3;1H. The van der Waals surface area contributed by atoms with Crippen LogP contribution in [0.4, 0.5) is 0 Å². The minimum Gasteiger partial charge on any atom is -1.00 e. The van der Waals surface area contributed by atoms with Crippen molar-refractivity contribution < 1.29 is 28.4 Å². The molecule has 0 fully saturated rings. The van der Waals surface area contributed by atoms with Crippen LogP contribution in [-0.2, 0) is 0 Å². The topological polar surface area (TPSA) is 27.0 Å². The summed E-state index contributed by atoms with van der Waals surface area (Å²) in [4.78, 5) is 0. The number of fused-ring (bicyclic) bond motifs is 1. The summed E-state index contributed by atoms with van der Waals surface area (Å²) in [6.07, 6.45) is 0. The largest absolute Gasteiger partial charge is 1.00 e. The van der Waals surface area contributed by atoms with Gasteiger partial charge in [0.05, 0.1) is 0 Å². The predicted octanol–water partition coefficient (Wildman–Crippen LogP) is -1.58. The summed E-state index contributed by atoms with van der Waals surface area (Å²) >= 11 is 1.39. The van der Waals surface area contributed by atoms with Gasteiger partial charge >= 0.3 is 0 Å². The Balaban J connectivity index is 0.000000605. The summed E-state index contributed by atoms with van der Waals surface area (Å²) in [5, 5.41) is 0. The molecule has 11 heavy (non-hydrogen) atoms. The molecule has 1 aromatic carbocycles. The van der Waals surface area contributed by atoms with Crippen molar-refractivity contribution in [1.82, 2.24) is 4.37 Å². The highest BCUT2D eigenvalue weighted by Gasteiger charge is 2.03. The van der Waals surface area contributed by atoms with Crippen molar-refractivity contribution in [1.29, 1.82) is 0 Å². The third kappa shape index (κ3) is 1.67. The summed E-state index contributed by atoms with van der Waals surface area (Å²) < 4.78 is 7.24. The number of halogens is 1. The zero-order valence-corrected chi connectivity index (χ0v) is 8.94. The summed E-state index contributed by atoms with van der Waals surface area (Å²) in [5.41, 5.74) is 3.44. The minimum atomic E-state index is 0. The van der Waals surface area contributed by atoms with E-state index in [2.05, 4.69) is 27.8 Å². The molecular formula is C7H7IN2S. The van der Waals surface area contributed by atoms with E-state index in [1.807, 2.05) is 6.07 Å². The molecule has 0 saturated carbocycles. The van der Waals surface area contributed by atoms with E-state index >= 15 is 0 Å². The van der Waals surface area contributed by atoms with E-state index in [4.69, 9.17) is 0 Å². The number of benzene rings is 1. The van der Waals surface area contributed by atoms with Crippen molar-refractivity contribution in [2.24, 2.45) is 0 Å². The van der Waals surface area contributed by atoms with Gasteiger partial charge in [-0.3, -0.25) is 0 Å². The van der Waals surface area contributed by atoms with Crippen molar-refractivity contribution in [3.8, 4) is 0 Å². The lowest BCUT2D eigenvalue weighted by molar-refractivity contribution is -0.255. The number of hydrogen-bond donors (Lipinski definition) is 0. The maximum atomic E-state index is 4.17. The Labute approximate surface area is 86.0 Å². The molecule has 0 unspecified atom stereocenters. The molecule has 1 aromatic heterocycles. The van der Waals surface area contributed by atoms with Crippen molar-refractivity contribution in [2.75, 3.05) is 0 Å². The van der Waals surface area contributed by atoms with E-state index < -0.39 is 0 Å². The van der Waals surface area contributed by atoms with Crippen molar-refractivity contribution in [2.45, 2.75) is 6.92 Å². The second-order valence-electron chi connectivity index (χ2n) is 2.31. The molecular weight excluding hydrogens is 271 g/mol. The molecule has 2 rings (SSSR count). The Morgan fingerprint density at radius 2 is 2.27 bits per heavy atom. The molecule has 0 bridgehead atoms. The van der Waals surface area contributed by atoms with Gasteiger partial charge in [-0.25, -0.2) is 0 Å². The van der Waals surface area contributed by atoms with Crippen LogP contribution in [0.25, 0.3) is 11.0 Å². The van der Waals surface area contributed by atoms with Crippen LogP contribution < -0.4 is 28.4 Å². The van der Waals surface area contributed by atoms with E-state index in [1.165, 1.54) is 17.3 Å². The van der Waals surface area contributed by atoms with Crippen LogP contribution in [0.15, 0.2) is 18.2 Å². The number of aromatic nitrogens is 2. The molecule has 2 nitrogen and oxygen atoms in total. The first-order valence-corrected chi connectivity index (χ1v) is 3.87. The molecule has 0 aliphatic rings.